The quantitative estimate of drug-likeness (QED) is 0.817. The van der Waals surface area contributed by atoms with Gasteiger partial charge in [0.05, 0.1) is 12.6 Å². The Labute approximate surface area is 113 Å². The molecule has 4 nitrogen and oxygen atoms in total. The second-order valence-corrected chi connectivity index (χ2v) is 4.36. The van der Waals surface area contributed by atoms with E-state index < -0.39 is 0 Å². The van der Waals surface area contributed by atoms with Gasteiger partial charge in [0.2, 0.25) is 0 Å². The fraction of sp³-hybridized carbons (Fsp3) is 0.400. The molecule has 1 heterocycles. The molecule has 1 aromatic rings. The molecule has 1 atom stereocenters. The minimum absolute atomic E-state index is 0.177. The Morgan fingerprint density at radius 2 is 2.26 bits per heavy atom. The maximum atomic E-state index is 11.6. The van der Waals surface area contributed by atoms with Crippen molar-refractivity contribution in [3.63, 3.8) is 0 Å². The van der Waals surface area contributed by atoms with Gasteiger partial charge in [-0.25, -0.2) is 0 Å². The number of rotatable bonds is 5. The van der Waals surface area contributed by atoms with Gasteiger partial charge in [0, 0.05) is 12.2 Å². The Morgan fingerprint density at radius 3 is 2.89 bits per heavy atom. The smallest absolute Gasteiger partial charge is 0.252 e. The zero-order chi connectivity index (χ0) is 13.5. The van der Waals surface area contributed by atoms with Crippen molar-refractivity contribution in [1.29, 1.82) is 0 Å². The minimum Gasteiger partial charge on any atom is -0.491 e. The molecular weight excluding hydrogens is 242 g/mol. The normalized spacial score (nSPS) is 17.7. The SMILES string of the molecule is C#CCNC(=O)c1ccc(OCC2CCCO2)cc1. The molecule has 1 fully saturated rings. The largest absolute Gasteiger partial charge is 0.491 e. The first kappa shape index (κ1) is 13.4. The van der Waals surface area contributed by atoms with Crippen molar-refractivity contribution in [1.82, 2.24) is 5.32 Å². The Balaban J connectivity index is 1.83. The van der Waals surface area contributed by atoms with Crippen LogP contribution in [0.1, 0.15) is 23.2 Å². The highest BCUT2D eigenvalue weighted by molar-refractivity contribution is 5.94. The summed E-state index contributed by atoms with van der Waals surface area (Å²) in [6, 6.07) is 6.99. The number of hydrogen-bond acceptors (Lipinski definition) is 3. The van der Waals surface area contributed by atoms with Crippen LogP contribution in [0.4, 0.5) is 0 Å². The van der Waals surface area contributed by atoms with Gasteiger partial charge in [-0.2, -0.15) is 0 Å². The van der Waals surface area contributed by atoms with Crippen molar-refractivity contribution in [2.75, 3.05) is 19.8 Å². The van der Waals surface area contributed by atoms with Gasteiger partial charge in [0.15, 0.2) is 0 Å². The molecule has 1 amide bonds. The lowest BCUT2D eigenvalue weighted by atomic mass is 10.2. The van der Waals surface area contributed by atoms with Crippen molar-refractivity contribution in [3.8, 4) is 18.1 Å². The van der Waals surface area contributed by atoms with E-state index in [9.17, 15) is 4.79 Å². The van der Waals surface area contributed by atoms with Gasteiger partial charge >= 0.3 is 0 Å². The number of hydrogen-bond donors (Lipinski definition) is 1. The molecule has 4 heteroatoms. The van der Waals surface area contributed by atoms with E-state index in [1.165, 1.54) is 0 Å². The average molecular weight is 259 g/mol. The predicted molar refractivity (Wildman–Crippen MR) is 72.1 cm³/mol. The second-order valence-electron chi connectivity index (χ2n) is 4.36. The van der Waals surface area contributed by atoms with Crippen LogP contribution in [-0.4, -0.2) is 31.8 Å². The highest BCUT2D eigenvalue weighted by Crippen LogP contribution is 2.16. The number of carbonyl (C=O) groups is 1. The van der Waals surface area contributed by atoms with Gasteiger partial charge < -0.3 is 14.8 Å². The maximum absolute atomic E-state index is 11.6. The lowest BCUT2D eigenvalue weighted by Crippen LogP contribution is -2.23. The number of ether oxygens (including phenoxy) is 2. The monoisotopic (exact) mass is 259 g/mol. The molecule has 1 aliphatic heterocycles. The van der Waals surface area contributed by atoms with Crippen LogP contribution in [0.15, 0.2) is 24.3 Å². The fourth-order valence-electron chi connectivity index (χ4n) is 1.90. The molecule has 2 rings (SSSR count). The summed E-state index contributed by atoms with van der Waals surface area (Å²) in [5, 5.41) is 2.61. The average Bonchev–Trinajstić information content (AvgIpc) is 2.96. The van der Waals surface area contributed by atoms with Crippen molar-refractivity contribution >= 4 is 5.91 Å². The van der Waals surface area contributed by atoms with Gasteiger partial charge in [-0.1, -0.05) is 5.92 Å². The number of nitrogens with one attached hydrogen (secondary N) is 1. The van der Waals surface area contributed by atoms with Crippen LogP contribution >= 0.6 is 0 Å². The van der Waals surface area contributed by atoms with Gasteiger partial charge in [-0.3, -0.25) is 4.79 Å². The first-order chi connectivity index (χ1) is 9.29. The highest BCUT2D eigenvalue weighted by atomic mass is 16.5. The molecule has 1 saturated heterocycles. The molecule has 0 aromatic heterocycles. The summed E-state index contributed by atoms with van der Waals surface area (Å²) in [5.74, 6) is 2.92. The third-order valence-corrected chi connectivity index (χ3v) is 2.93. The van der Waals surface area contributed by atoms with E-state index in [2.05, 4.69) is 11.2 Å². The summed E-state index contributed by atoms with van der Waals surface area (Å²) in [7, 11) is 0. The standard InChI is InChI=1S/C15H17NO3/c1-2-9-16-15(17)12-5-7-13(8-6-12)19-11-14-4-3-10-18-14/h1,5-8,14H,3-4,9-11H2,(H,16,17). The zero-order valence-corrected chi connectivity index (χ0v) is 10.7. The molecule has 1 N–H and O–H groups in total. The number of carbonyl (C=O) groups excluding carboxylic acids is 1. The van der Waals surface area contributed by atoms with Crippen LogP contribution < -0.4 is 10.1 Å². The molecule has 0 saturated carbocycles. The molecular formula is C15H17NO3. The van der Waals surface area contributed by atoms with Crippen molar-refractivity contribution < 1.29 is 14.3 Å². The van der Waals surface area contributed by atoms with E-state index in [1.54, 1.807) is 24.3 Å². The van der Waals surface area contributed by atoms with Gasteiger partial charge in [-0.05, 0) is 37.1 Å². The number of terminal acetylenes is 1. The van der Waals surface area contributed by atoms with E-state index in [4.69, 9.17) is 15.9 Å². The van der Waals surface area contributed by atoms with E-state index in [0.717, 1.165) is 25.2 Å². The summed E-state index contributed by atoms with van der Waals surface area (Å²) in [4.78, 5) is 11.6. The van der Waals surface area contributed by atoms with Gasteiger partial charge in [0.25, 0.3) is 5.91 Å². The molecule has 1 aliphatic rings. The fourth-order valence-corrected chi connectivity index (χ4v) is 1.90. The highest BCUT2D eigenvalue weighted by Gasteiger charge is 2.15. The molecule has 100 valence electrons. The van der Waals surface area contributed by atoms with Crippen LogP contribution in [0.25, 0.3) is 0 Å². The summed E-state index contributed by atoms with van der Waals surface area (Å²) >= 11 is 0. The molecule has 0 aliphatic carbocycles. The number of benzene rings is 1. The van der Waals surface area contributed by atoms with Crippen LogP contribution in [0.2, 0.25) is 0 Å². The van der Waals surface area contributed by atoms with Crippen LogP contribution in [0.3, 0.4) is 0 Å². The summed E-state index contributed by atoms with van der Waals surface area (Å²) in [5.41, 5.74) is 0.569. The molecule has 0 bridgehead atoms. The lowest BCUT2D eigenvalue weighted by molar-refractivity contribution is 0.0679. The van der Waals surface area contributed by atoms with Crippen molar-refractivity contribution in [3.05, 3.63) is 29.8 Å². The Hall–Kier alpha value is -1.99. The predicted octanol–water partition coefficient (Wildman–Crippen LogP) is 1.61. The van der Waals surface area contributed by atoms with Crippen LogP contribution in [0.5, 0.6) is 5.75 Å². The van der Waals surface area contributed by atoms with Gasteiger partial charge in [-0.15, -0.1) is 6.42 Å². The van der Waals surface area contributed by atoms with Crippen molar-refractivity contribution in [2.24, 2.45) is 0 Å². The molecule has 1 unspecified atom stereocenters. The summed E-state index contributed by atoms with van der Waals surface area (Å²) in [6.45, 7) is 1.61. The molecule has 19 heavy (non-hydrogen) atoms. The first-order valence-corrected chi connectivity index (χ1v) is 6.35. The molecule has 0 spiro atoms. The van der Waals surface area contributed by atoms with E-state index in [0.29, 0.717) is 12.2 Å². The Bertz CT molecular complexity index is 455. The first-order valence-electron chi connectivity index (χ1n) is 6.35. The minimum atomic E-state index is -0.177. The third kappa shape index (κ3) is 4.01. The topological polar surface area (TPSA) is 47.6 Å². The summed E-state index contributed by atoms with van der Waals surface area (Å²) in [6.07, 6.45) is 7.42. The van der Waals surface area contributed by atoms with Crippen LogP contribution in [-0.2, 0) is 4.74 Å². The zero-order valence-electron chi connectivity index (χ0n) is 10.7. The lowest BCUT2D eigenvalue weighted by Gasteiger charge is -2.11. The maximum Gasteiger partial charge on any atom is 0.252 e. The Kier molecular flexibility index (Phi) is 4.82. The van der Waals surface area contributed by atoms with Crippen molar-refractivity contribution in [2.45, 2.75) is 18.9 Å². The van der Waals surface area contributed by atoms with E-state index >= 15 is 0 Å². The molecule has 0 radical (unpaired) electrons. The third-order valence-electron chi connectivity index (χ3n) is 2.93. The van der Waals surface area contributed by atoms with Crippen LogP contribution in [0, 0.1) is 12.3 Å². The summed E-state index contributed by atoms with van der Waals surface area (Å²) < 4.78 is 11.1. The molecule has 1 aromatic carbocycles. The Morgan fingerprint density at radius 1 is 1.47 bits per heavy atom. The second kappa shape index (κ2) is 6.81. The van der Waals surface area contributed by atoms with E-state index in [-0.39, 0.29) is 18.6 Å². The number of amides is 1. The van der Waals surface area contributed by atoms with Gasteiger partial charge in [0.1, 0.15) is 12.4 Å². The van der Waals surface area contributed by atoms with E-state index in [1.807, 2.05) is 0 Å².